The first-order chi connectivity index (χ1) is 13.9. The molecule has 0 unspecified atom stereocenters. The summed E-state index contributed by atoms with van der Waals surface area (Å²) in [4.78, 5) is 25.4. The van der Waals surface area contributed by atoms with Crippen molar-refractivity contribution in [3.8, 4) is 11.4 Å². The van der Waals surface area contributed by atoms with Gasteiger partial charge in [-0.2, -0.15) is 9.37 Å². The van der Waals surface area contributed by atoms with Gasteiger partial charge in [-0.3, -0.25) is 15.1 Å². The molecule has 10 heteroatoms. The Morgan fingerprint density at radius 2 is 1.97 bits per heavy atom. The monoisotopic (exact) mass is 397 g/mol. The van der Waals surface area contributed by atoms with Gasteiger partial charge in [-0.25, -0.2) is 4.98 Å². The highest BCUT2D eigenvalue weighted by molar-refractivity contribution is 5.66. The summed E-state index contributed by atoms with van der Waals surface area (Å²) in [6.07, 6.45) is 1.66. The Balaban J connectivity index is 1.92. The average molecular weight is 397 g/mol. The Morgan fingerprint density at radius 1 is 1.14 bits per heavy atom. The van der Waals surface area contributed by atoms with Crippen LogP contribution in [0, 0.1) is 15.9 Å². The third kappa shape index (κ3) is 5.42. The van der Waals surface area contributed by atoms with Crippen LogP contribution in [-0.4, -0.2) is 52.0 Å². The minimum Gasteiger partial charge on any atom is -0.353 e. The summed E-state index contributed by atoms with van der Waals surface area (Å²) in [5.41, 5.74) is 0.951. The molecule has 0 fully saturated rings. The molecule has 0 spiro atoms. The summed E-state index contributed by atoms with van der Waals surface area (Å²) >= 11 is 0. The highest BCUT2D eigenvalue weighted by Gasteiger charge is 2.15. The second kappa shape index (κ2) is 9.02. The Hall–Kier alpha value is -3.66. The van der Waals surface area contributed by atoms with E-state index < -0.39 is 16.4 Å². The molecule has 0 atom stereocenters. The van der Waals surface area contributed by atoms with Crippen LogP contribution in [0.15, 0.2) is 48.7 Å². The summed E-state index contributed by atoms with van der Waals surface area (Å²) in [5, 5.41) is 17.1. The number of nitrogens with one attached hydrogen (secondary N) is 2. The molecule has 150 valence electrons. The van der Waals surface area contributed by atoms with Crippen LogP contribution in [0.1, 0.15) is 0 Å². The van der Waals surface area contributed by atoms with E-state index in [2.05, 4.69) is 25.6 Å². The quantitative estimate of drug-likeness (QED) is 0.440. The molecule has 3 aromatic rings. The van der Waals surface area contributed by atoms with Crippen molar-refractivity contribution < 1.29 is 9.31 Å². The van der Waals surface area contributed by atoms with Crippen LogP contribution in [-0.2, 0) is 0 Å². The molecule has 2 heterocycles. The first-order valence-corrected chi connectivity index (χ1v) is 8.82. The van der Waals surface area contributed by atoms with E-state index in [1.807, 2.05) is 31.1 Å². The summed E-state index contributed by atoms with van der Waals surface area (Å²) in [6.45, 7) is 1.41. The zero-order chi connectivity index (χ0) is 20.8. The van der Waals surface area contributed by atoms with Gasteiger partial charge < -0.3 is 15.5 Å². The van der Waals surface area contributed by atoms with Gasteiger partial charge in [-0.1, -0.05) is 6.07 Å². The summed E-state index contributed by atoms with van der Waals surface area (Å²) in [5.74, 6) is -0.119. The second-order valence-electron chi connectivity index (χ2n) is 6.46. The van der Waals surface area contributed by atoms with Crippen molar-refractivity contribution in [2.45, 2.75) is 0 Å². The fourth-order valence-corrected chi connectivity index (χ4v) is 2.51. The lowest BCUT2D eigenvalue weighted by Crippen LogP contribution is -2.21. The molecule has 0 bridgehead atoms. The van der Waals surface area contributed by atoms with E-state index in [4.69, 9.17) is 0 Å². The zero-order valence-corrected chi connectivity index (χ0v) is 16.0. The maximum absolute atomic E-state index is 13.6. The van der Waals surface area contributed by atoms with Crippen LogP contribution in [0.4, 0.5) is 27.5 Å². The number of nitrogens with zero attached hydrogens (tertiary/aromatic N) is 5. The number of hydrogen-bond acceptors (Lipinski definition) is 8. The van der Waals surface area contributed by atoms with Crippen LogP contribution in [0.3, 0.4) is 0 Å². The van der Waals surface area contributed by atoms with Gasteiger partial charge in [0.1, 0.15) is 5.82 Å². The van der Waals surface area contributed by atoms with E-state index in [1.54, 1.807) is 18.3 Å². The number of hydrogen-bond donors (Lipinski definition) is 2. The second-order valence-corrected chi connectivity index (χ2v) is 6.46. The third-order valence-electron chi connectivity index (χ3n) is 3.91. The number of nitro groups is 1. The van der Waals surface area contributed by atoms with E-state index in [9.17, 15) is 14.5 Å². The smallest absolute Gasteiger partial charge is 0.306 e. The normalized spacial score (nSPS) is 10.8. The summed E-state index contributed by atoms with van der Waals surface area (Å²) < 4.78 is 13.6. The molecule has 0 aliphatic heterocycles. The van der Waals surface area contributed by atoms with E-state index in [0.29, 0.717) is 35.4 Å². The van der Waals surface area contributed by atoms with Crippen molar-refractivity contribution in [1.82, 2.24) is 19.9 Å². The fourth-order valence-electron chi connectivity index (χ4n) is 2.51. The summed E-state index contributed by atoms with van der Waals surface area (Å²) in [6, 6.07) is 10.7. The van der Waals surface area contributed by atoms with Crippen LogP contribution >= 0.6 is 0 Å². The highest BCUT2D eigenvalue weighted by atomic mass is 19.1. The molecule has 1 aromatic carbocycles. The maximum Gasteiger partial charge on any atom is 0.306 e. The van der Waals surface area contributed by atoms with E-state index in [-0.39, 0.29) is 0 Å². The van der Waals surface area contributed by atoms with Crippen molar-refractivity contribution >= 4 is 23.1 Å². The van der Waals surface area contributed by atoms with Crippen LogP contribution in [0.5, 0.6) is 0 Å². The molecule has 0 aliphatic carbocycles. The number of benzene rings is 1. The van der Waals surface area contributed by atoms with Crippen LogP contribution in [0.25, 0.3) is 11.4 Å². The molecule has 2 N–H and O–H groups in total. The SMILES string of the molecule is CN(C)CCNc1nc(Nc2ccc(F)c([N+](=O)[O-])c2)cc(-c2ccccn2)n1. The minimum absolute atomic E-state index is 0.336. The van der Waals surface area contributed by atoms with Gasteiger partial charge in [0.2, 0.25) is 11.8 Å². The average Bonchev–Trinajstić information content (AvgIpc) is 2.69. The Bertz CT molecular complexity index is 999. The Labute approximate surface area is 166 Å². The lowest BCUT2D eigenvalue weighted by molar-refractivity contribution is -0.387. The molecule has 0 amide bonds. The largest absolute Gasteiger partial charge is 0.353 e. The topological polar surface area (TPSA) is 109 Å². The van der Waals surface area contributed by atoms with Crippen LogP contribution in [0.2, 0.25) is 0 Å². The standard InChI is InChI=1S/C19H20FN7O2/c1-26(2)10-9-22-19-24-16(15-5-3-4-8-21-15)12-18(25-19)23-13-6-7-14(20)17(11-13)27(28)29/h3-8,11-12H,9-10H2,1-2H3,(H2,22,23,24,25). The number of rotatable bonds is 8. The van der Waals surface area contributed by atoms with Crippen LogP contribution < -0.4 is 10.6 Å². The van der Waals surface area contributed by atoms with Gasteiger partial charge in [-0.15, -0.1) is 0 Å². The van der Waals surface area contributed by atoms with E-state index in [1.165, 1.54) is 6.07 Å². The molecule has 3 rings (SSSR count). The molecular formula is C19H20FN7O2. The predicted octanol–water partition coefficient (Wildman–Crippen LogP) is 3.30. The van der Waals surface area contributed by atoms with Gasteiger partial charge in [0.05, 0.1) is 16.3 Å². The van der Waals surface area contributed by atoms with Crippen molar-refractivity contribution in [2.75, 3.05) is 37.8 Å². The van der Waals surface area contributed by atoms with Crippen molar-refractivity contribution in [1.29, 1.82) is 0 Å². The number of nitro benzene ring substituents is 1. The van der Waals surface area contributed by atoms with Gasteiger partial charge in [0, 0.05) is 37.1 Å². The molecule has 0 radical (unpaired) electrons. The molecule has 9 nitrogen and oxygen atoms in total. The number of pyridine rings is 1. The Morgan fingerprint density at radius 3 is 2.66 bits per heavy atom. The van der Waals surface area contributed by atoms with Gasteiger partial charge in [-0.05, 0) is 38.4 Å². The molecule has 0 saturated carbocycles. The van der Waals surface area contributed by atoms with E-state index >= 15 is 0 Å². The first-order valence-electron chi connectivity index (χ1n) is 8.82. The number of anilines is 3. The lowest BCUT2D eigenvalue weighted by Gasteiger charge is -2.13. The number of halogens is 1. The van der Waals surface area contributed by atoms with Gasteiger partial charge in [0.15, 0.2) is 0 Å². The fraction of sp³-hybridized carbons (Fsp3) is 0.211. The number of likely N-dealkylation sites (N-methyl/N-ethyl adjacent to an activating group) is 1. The van der Waals surface area contributed by atoms with Crippen molar-refractivity contribution in [2.24, 2.45) is 0 Å². The lowest BCUT2D eigenvalue weighted by atomic mass is 10.2. The Kier molecular flexibility index (Phi) is 6.25. The summed E-state index contributed by atoms with van der Waals surface area (Å²) in [7, 11) is 3.92. The van der Waals surface area contributed by atoms with E-state index in [0.717, 1.165) is 18.7 Å². The molecule has 0 aliphatic rings. The third-order valence-corrected chi connectivity index (χ3v) is 3.91. The minimum atomic E-state index is -0.900. The van der Waals surface area contributed by atoms with Crippen molar-refractivity contribution in [3.05, 3.63) is 64.6 Å². The zero-order valence-electron chi connectivity index (χ0n) is 16.0. The molecule has 0 saturated heterocycles. The molecule has 29 heavy (non-hydrogen) atoms. The van der Waals surface area contributed by atoms with Gasteiger partial charge >= 0.3 is 5.69 Å². The number of aromatic nitrogens is 3. The predicted molar refractivity (Wildman–Crippen MR) is 109 cm³/mol. The first kappa shape index (κ1) is 20.1. The van der Waals surface area contributed by atoms with Crippen molar-refractivity contribution in [3.63, 3.8) is 0 Å². The van der Waals surface area contributed by atoms with Gasteiger partial charge in [0.25, 0.3) is 0 Å². The molecular weight excluding hydrogens is 377 g/mol. The molecule has 2 aromatic heterocycles. The maximum atomic E-state index is 13.6. The highest BCUT2D eigenvalue weighted by Crippen LogP contribution is 2.26.